The summed E-state index contributed by atoms with van der Waals surface area (Å²) in [5, 5.41) is 0. The standard InChI is InChI=1S/C6H11O4P/c1-3-5-6(7)10-11(8)9-4-2/h3,5,11H,4H2,1-2H3. The van der Waals surface area contributed by atoms with Gasteiger partial charge in [0.05, 0.1) is 6.61 Å². The van der Waals surface area contributed by atoms with Gasteiger partial charge in [-0.3, -0.25) is 0 Å². The van der Waals surface area contributed by atoms with Gasteiger partial charge in [-0.2, -0.15) is 0 Å². The van der Waals surface area contributed by atoms with Gasteiger partial charge in [0.15, 0.2) is 0 Å². The van der Waals surface area contributed by atoms with Gasteiger partial charge in [-0.15, -0.1) is 0 Å². The molecule has 0 N–H and O–H groups in total. The number of allylic oxidation sites excluding steroid dienone is 1. The second-order valence-electron chi connectivity index (χ2n) is 1.60. The van der Waals surface area contributed by atoms with Gasteiger partial charge in [0, 0.05) is 6.08 Å². The molecule has 0 fully saturated rings. The molecule has 4 nitrogen and oxygen atoms in total. The normalized spacial score (nSPS) is 13.3. The fourth-order valence-electron chi connectivity index (χ4n) is 0.400. The number of hydrogen-bond acceptors (Lipinski definition) is 4. The van der Waals surface area contributed by atoms with Crippen molar-refractivity contribution in [3.63, 3.8) is 0 Å². The van der Waals surface area contributed by atoms with Crippen molar-refractivity contribution >= 4 is 14.2 Å². The molecule has 0 aromatic heterocycles. The van der Waals surface area contributed by atoms with Crippen LogP contribution in [0.2, 0.25) is 0 Å². The topological polar surface area (TPSA) is 52.6 Å². The summed E-state index contributed by atoms with van der Waals surface area (Å²) in [5.74, 6) is -0.634. The quantitative estimate of drug-likeness (QED) is 0.483. The molecule has 0 rings (SSSR count). The fourth-order valence-corrected chi connectivity index (χ4v) is 0.926. The average molecular weight is 178 g/mol. The van der Waals surface area contributed by atoms with Crippen LogP contribution in [0.15, 0.2) is 12.2 Å². The van der Waals surface area contributed by atoms with E-state index in [1.165, 1.54) is 12.2 Å². The minimum atomic E-state index is -2.61. The first-order chi connectivity index (χ1) is 5.20. The van der Waals surface area contributed by atoms with Crippen LogP contribution in [0.5, 0.6) is 0 Å². The Kier molecular flexibility index (Phi) is 5.80. The van der Waals surface area contributed by atoms with Crippen molar-refractivity contribution in [2.75, 3.05) is 6.61 Å². The van der Waals surface area contributed by atoms with E-state index in [2.05, 4.69) is 9.05 Å². The molecule has 0 aliphatic heterocycles. The lowest BCUT2D eigenvalue weighted by Crippen LogP contribution is -1.93. The lowest BCUT2D eigenvalue weighted by Gasteiger charge is -1.99. The maximum atomic E-state index is 10.6. The van der Waals surface area contributed by atoms with E-state index in [4.69, 9.17) is 0 Å². The van der Waals surface area contributed by atoms with Gasteiger partial charge in [0.1, 0.15) is 0 Å². The Labute approximate surface area is 66.1 Å². The Balaban J connectivity index is 3.66. The smallest absolute Gasteiger partial charge is 0.370 e. The van der Waals surface area contributed by atoms with E-state index in [1.54, 1.807) is 13.8 Å². The van der Waals surface area contributed by atoms with Crippen LogP contribution >= 0.6 is 8.25 Å². The van der Waals surface area contributed by atoms with E-state index in [0.717, 1.165) is 0 Å². The van der Waals surface area contributed by atoms with Crippen molar-refractivity contribution in [1.29, 1.82) is 0 Å². The van der Waals surface area contributed by atoms with Crippen molar-refractivity contribution in [3.05, 3.63) is 12.2 Å². The molecule has 0 aliphatic rings. The zero-order chi connectivity index (χ0) is 8.69. The highest BCUT2D eigenvalue weighted by Crippen LogP contribution is 2.23. The summed E-state index contributed by atoms with van der Waals surface area (Å²) in [4.78, 5) is 10.6. The summed E-state index contributed by atoms with van der Waals surface area (Å²) in [6, 6.07) is 0. The van der Waals surface area contributed by atoms with E-state index in [1.807, 2.05) is 0 Å². The molecule has 0 amide bonds. The Morgan fingerprint density at radius 3 is 2.73 bits per heavy atom. The second kappa shape index (κ2) is 6.13. The van der Waals surface area contributed by atoms with Crippen molar-refractivity contribution < 1.29 is 18.4 Å². The van der Waals surface area contributed by atoms with Crippen molar-refractivity contribution in [2.45, 2.75) is 13.8 Å². The summed E-state index contributed by atoms with van der Waals surface area (Å²) in [5.41, 5.74) is 0. The first kappa shape index (κ1) is 10.4. The summed E-state index contributed by atoms with van der Waals surface area (Å²) >= 11 is 0. The van der Waals surface area contributed by atoms with Gasteiger partial charge in [-0.25, -0.2) is 9.36 Å². The Hall–Kier alpha value is -0.600. The van der Waals surface area contributed by atoms with Gasteiger partial charge in [0.25, 0.3) is 0 Å². The molecule has 0 spiro atoms. The van der Waals surface area contributed by atoms with Crippen LogP contribution < -0.4 is 0 Å². The van der Waals surface area contributed by atoms with Crippen LogP contribution in [-0.4, -0.2) is 12.6 Å². The van der Waals surface area contributed by atoms with Crippen LogP contribution in [0.3, 0.4) is 0 Å². The minimum Gasteiger partial charge on any atom is -0.390 e. The molecule has 11 heavy (non-hydrogen) atoms. The Morgan fingerprint density at radius 2 is 2.27 bits per heavy atom. The molecule has 0 aromatic carbocycles. The summed E-state index contributed by atoms with van der Waals surface area (Å²) in [6.45, 7) is 3.62. The van der Waals surface area contributed by atoms with Crippen LogP contribution in [0.4, 0.5) is 0 Å². The number of carbonyl (C=O) groups excluding carboxylic acids is 1. The highest BCUT2D eigenvalue weighted by molar-refractivity contribution is 7.34. The summed E-state index contributed by atoms with van der Waals surface area (Å²) in [7, 11) is -2.61. The number of carbonyl (C=O) groups is 1. The van der Waals surface area contributed by atoms with Crippen LogP contribution in [0.1, 0.15) is 13.8 Å². The van der Waals surface area contributed by atoms with Crippen molar-refractivity contribution in [2.24, 2.45) is 0 Å². The zero-order valence-corrected chi connectivity index (χ0v) is 7.49. The van der Waals surface area contributed by atoms with E-state index < -0.39 is 14.2 Å². The third-order valence-electron chi connectivity index (χ3n) is 0.749. The molecule has 0 bridgehead atoms. The molecule has 0 saturated heterocycles. The van der Waals surface area contributed by atoms with Gasteiger partial charge in [-0.1, -0.05) is 6.08 Å². The fraction of sp³-hybridized carbons (Fsp3) is 0.500. The maximum Gasteiger partial charge on any atom is 0.370 e. The second-order valence-corrected chi connectivity index (χ2v) is 2.60. The van der Waals surface area contributed by atoms with E-state index in [0.29, 0.717) is 0 Å². The van der Waals surface area contributed by atoms with Gasteiger partial charge in [-0.05, 0) is 13.8 Å². The predicted molar refractivity (Wildman–Crippen MR) is 41.5 cm³/mol. The van der Waals surface area contributed by atoms with Gasteiger partial charge >= 0.3 is 14.2 Å². The molecule has 0 aliphatic carbocycles. The van der Waals surface area contributed by atoms with Crippen LogP contribution in [0.25, 0.3) is 0 Å². The molecule has 1 unspecified atom stereocenters. The van der Waals surface area contributed by atoms with Crippen LogP contribution in [-0.2, 0) is 18.4 Å². The van der Waals surface area contributed by atoms with Gasteiger partial charge in [0.2, 0.25) is 0 Å². The summed E-state index contributed by atoms with van der Waals surface area (Å²) < 4.78 is 19.5. The highest BCUT2D eigenvalue weighted by Gasteiger charge is 2.02. The zero-order valence-electron chi connectivity index (χ0n) is 6.49. The Bertz CT molecular complexity index is 175. The van der Waals surface area contributed by atoms with Crippen LogP contribution in [0, 0.1) is 0 Å². The van der Waals surface area contributed by atoms with Crippen molar-refractivity contribution in [1.82, 2.24) is 0 Å². The molecular formula is C6H11O4P. The third-order valence-corrected chi connectivity index (χ3v) is 1.64. The molecular weight excluding hydrogens is 167 g/mol. The third kappa shape index (κ3) is 5.83. The molecule has 0 saturated carbocycles. The molecule has 64 valence electrons. The molecule has 0 heterocycles. The SMILES string of the molecule is CC=CC(=O)O[PH](=O)OCC. The molecule has 0 radical (unpaired) electrons. The maximum absolute atomic E-state index is 10.6. The summed E-state index contributed by atoms with van der Waals surface area (Å²) in [6.07, 6.45) is 2.69. The number of hydrogen-bond donors (Lipinski definition) is 0. The first-order valence-corrected chi connectivity index (χ1v) is 4.44. The van der Waals surface area contributed by atoms with Gasteiger partial charge < -0.3 is 9.05 Å². The van der Waals surface area contributed by atoms with E-state index in [9.17, 15) is 9.36 Å². The lowest BCUT2D eigenvalue weighted by molar-refractivity contribution is -0.129. The lowest BCUT2D eigenvalue weighted by atomic mass is 10.5. The monoisotopic (exact) mass is 178 g/mol. The largest absolute Gasteiger partial charge is 0.390 e. The molecule has 5 heteroatoms. The average Bonchev–Trinajstić information content (AvgIpc) is 1.87. The van der Waals surface area contributed by atoms with E-state index in [-0.39, 0.29) is 6.61 Å². The highest BCUT2D eigenvalue weighted by atomic mass is 31.1. The molecule has 0 aromatic rings. The van der Waals surface area contributed by atoms with Crippen molar-refractivity contribution in [3.8, 4) is 0 Å². The first-order valence-electron chi connectivity index (χ1n) is 3.22. The Morgan fingerprint density at radius 1 is 1.64 bits per heavy atom. The number of rotatable bonds is 4. The molecule has 1 atom stereocenters. The minimum absolute atomic E-state index is 0.279. The predicted octanol–water partition coefficient (Wildman–Crippen LogP) is 1.53. The van der Waals surface area contributed by atoms with E-state index >= 15 is 0 Å².